The fraction of sp³-hybridized carbons (Fsp3) is 0.111. The Labute approximate surface area is 86.3 Å². The van der Waals surface area contributed by atoms with Gasteiger partial charge >= 0.3 is 12.1 Å². The number of alkyl halides is 3. The van der Waals surface area contributed by atoms with Crippen LogP contribution in [0.25, 0.3) is 11.1 Å². The molecule has 0 saturated carbocycles. The van der Waals surface area contributed by atoms with Crippen LogP contribution >= 0.6 is 0 Å². The van der Waals surface area contributed by atoms with Gasteiger partial charge in [-0.3, -0.25) is 0 Å². The van der Waals surface area contributed by atoms with Crippen molar-refractivity contribution in [1.29, 1.82) is 0 Å². The summed E-state index contributed by atoms with van der Waals surface area (Å²) >= 11 is 0. The molecule has 2 aromatic heterocycles. The molecule has 0 spiro atoms. The van der Waals surface area contributed by atoms with Crippen LogP contribution in [0.4, 0.5) is 13.2 Å². The minimum absolute atomic E-state index is 0.341. The van der Waals surface area contributed by atoms with E-state index in [1.165, 1.54) is 0 Å². The zero-order valence-corrected chi connectivity index (χ0v) is 7.58. The molecule has 0 fully saturated rings. The summed E-state index contributed by atoms with van der Waals surface area (Å²) < 4.78 is 42.2. The van der Waals surface area contributed by atoms with Crippen LogP contribution in [0, 0.1) is 0 Å². The third-order valence-electron chi connectivity index (χ3n) is 1.95. The summed E-state index contributed by atoms with van der Waals surface area (Å²) in [4.78, 5) is 14.1. The molecule has 0 aliphatic rings. The molecule has 0 aliphatic heterocycles. The number of aromatic nitrogens is 1. The van der Waals surface area contributed by atoms with Crippen LogP contribution in [0.1, 0.15) is 16.1 Å². The fourth-order valence-electron chi connectivity index (χ4n) is 1.29. The van der Waals surface area contributed by atoms with Crippen LogP contribution in [-0.4, -0.2) is 16.1 Å². The van der Waals surface area contributed by atoms with Gasteiger partial charge in [0.05, 0.1) is 10.9 Å². The van der Waals surface area contributed by atoms with Crippen molar-refractivity contribution in [3.8, 4) is 0 Å². The average Bonchev–Trinajstić information content (AvgIpc) is 2.58. The molecule has 0 radical (unpaired) electrons. The molecular formula is C9H4F3NO3. The number of rotatable bonds is 1. The van der Waals surface area contributed by atoms with Crippen LogP contribution in [0.15, 0.2) is 22.7 Å². The lowest BCUT2D eigenvalue weighted by molar-refractivity contribution is -0.136. The molecule has 0 unspecified atom stereocenters. The molecule has 0 bridgehead atoms. The van der Waals surface area contributed by atoms with E-state index in [-0.39, 0.29) is 11.1 Å². The summed E-state index contributed by atoms with van der Waals surface area (Å²) in [6, 6.07) is 1.58. The highest BCUT2D eigenvalue weighted by Crippen LogP contribution is 2.35. The van der Waals surface area contributed by atoms with Crippen LogP contribution in [0.5, 0.6) is 0 Å². The van der Waals surface area contributed by atoms with Crippen molar-refractivity contribution in [1.82, 2.24) is 4.98 Å². The number of pyridine rings is 1. The van der Waals surface area contributed by atoms with Gasteiger partial charge in [0.25, 0.3) is 0 Å². The Morgan fingerprint density at radius 2 is 2.12 bits per heavy atom. The Bertz CT molecular complexity index is 559. The topological polar surface area (TPSA) is 63.3 Å². The first-order valence-corrected chi connectivity index (χ1v) is 4.08. The second kappa shape index (κ2) is 3.22. The van der Waals surface area contributed by atoms with Crippen molar-refractivity contribution in [3.05, 3.63) is 29.7 Å². The summed E-state index contributed by atoms with van der Waals surface area (Å²) in [6.07, 6.45) is -3.65. The zero-order valence-electron chi connectivity index (χ0n) is 7.58. The number of carboxylic acid groups (broad SMARTS) is 1. The molecule has 84 valence electrons. The largest absolute Gasteiger partial charge is 0.475 e. The fourth-order valence-corrected chi connectivity index (χ4v) is 1.29. The number of hydrogen-bond donors (Lipinski definition) is 1. The van der Waals surface area contributed by atoms with E-state index in [0.29, 0.717) is 0 Å². The average molecular weight is 231 g/mol. The van der Waals surface area contributed by atoms with E-state index in [1.807, 2.05) is 0 Å². The molecule has 0 atom stereocenters. The Hall–Kier alpha value is -2.05. The third kappa shape index (κ3) is 1.60. The summed E-state index contributed by atoms with van der Waals surface area (Å²) in [6.45, 7) is 0. The normalized spacial score (nSPS) is 11.9. The molecule has 0 saturated heterocycles. The molecule has 7 heteroatoms. The lowest BCUT2D eigenvalue weighted by Gasteiger charge is -2.05. The SMILES string of the molecule is O=C(O)c1cc2c(C(F)(F)F)ccnc2o1. The van der Waals surface area contributed by atoms with E-state index < -0.39 is 23.5 Å². The van der Waals surface area contributed by atoms with Crippen LogP contribution in [0.2, 0.25) is 0 Å². The van der Waals surface area contributed by atoms with Gasteiger partial charge in [-0.05, 0) is 6.07 Å². The van der Waals surface area contributed by atoms with Gasteiger partial charge in [0, 0.05) is 12.3 Å². The number of hydrogen-bond acceptors (Lipinski definition) is 3. The first kappa shape index (κ1) is 10.5. The number of carbonyl (C=O) groups is 1. The minimum Gasteiger partial charge on any atom is -0.475 e. The van der Waals surface area contributed by atoms with Crippen molar-refractivity contribution in [2.45, 2.75) is 6.18 Å². The molecule has 16 heavy (non-hydrogen) atoms. The monoisotopic (exact) mass is 231 g/mol. The number of furan rings is 1. The number of halogens is 3. The Balaban J connectivity index is 2.73. The summed E-state index contributed by atoms with van der Waals surface area (Å²) in [5, 5.41) is 8.22. The molecule has 2 aromatic rings. The Kier molecular flexibility index (Phi) is 2.11. The van der Waals surface area contributed by atoms with E-state index in [0.717, 1.165) is 18.3 Å². The highest BCUT2D eigenvalue weighted by molar-refractivity contribution is 5.91. The van der Waals surface area contributed by atoms with E-state index in [2.05, 4.69) is 9.40 Å². The first-order valence-electron chi connectivity index (χ1n) is 4.08. The minimum atomic E-state index is -4.57. The number of carboxylic acids is 1. The van der Waals surface area contributed by atoms with Gasteiger partial charge in [-0.2, -0.15) is 13.2 Å². The maximum absolute atomic E-state index is 12.5. The highest BCUT2D eigenvalue weighted by atomic mass is 19.4. The van der Waals surface area contributed by atoms with Crippen molar-refractivity contribution in [2.75, 3.05) is 0 Å². The van der Waals surface area contributed by atoms with E-state index in [4.69, 9.17) is 5.11 Å². The van der Waals surface area contributed by atoms with E-state index in [9.17, 15) is 18.0 Å². The van der Waals surface area contributed by atoms with Gasteiger partial charge < -0.3 is 9.52 Å². The van der Waals surface area contributed by atoms with Crippen LogP contribution in [0.3, 0.4) is 0 Å². The molecule has 0 amide bonds. The first-order chi connectivity index (χ1) is 7.39. The molecule has 2 heterocycles. The van der Waals surface area contributed by atoms with Gasteiger partial charge in [0.1, 0.15) is 0 Å². The lowest BCUT2D eigenvalue weighted by atomic mass is 10.2. The molecule has 0 aromatic carbocycles. The summed E-state index contributed by atoms with van der Waals surface area (Å²) in [5.74, 6) is -2.01. The second-order valence-electron chi connectivity index (χ2n) is 2.99. The Morgan fingerprint density at radius 1 is 1.44 bits per heavy atom. The number of fused-ring (bicyclic) bond motifs is 1. The second-order valence-corrected chi connectivity index (χ2v) is 2.99. The molecule has 0 aliphatic carbocycles. The maximum atomic E-state index is 12.5. The number of aromatic carboxylic acids is 1. The predicted molar refractivity (Wildman–Crippen MR) is 46.0 cm³/mol. The van der Waals surface area contributed by atoms with Crippen LogP contribution in [-0.2, 0) is 6.18 Å². The smallest absolute Gasteiger partial charge is 0.417 e. The summed E-state index contributed by atoms with van der Waals surface area (Å²) in [7, 11) is 0. The Morgan fingerprint density at radius 3 is 2.69 bits per heavy atom. The van der Waals surface area contributed by atoms with Gasteiger partial charge in [-0.25, -0.2) is 9.78 Å². The maximum Gasteiger partial charge on any atom is 0.417 e. The van der Waals surface area contributed by atoms with E-state index >= 15 is 0 Å². The van der Waals surface area contributed by atoms with Crippen LogP contribution < -0.4 is 0 Å². The number of nitrogens with zero attached hydrogens (tertiary/aromatic N) is 1. The molecular weight excluding hydrogens is 227 g/mol. The molecule has 1 N–H and O–H groups in total. The summed E-state index contributed by atoms with van der Waals surface area (Å²) in [5.41, 5.74) is -1.30. The van der Waals surface area contributed by atoms with Gasteiger partial charge in [-0.15, -0.1) is 0 Å². The van der Waals surface area contributed by atoms with Crippen molar-refractivity contribution >= 4 is 17.1 Å². The van der Waals surface area contributed by atoms with Crippen molar-refractivity contribution < 1.29 is 27.5 Å². The van der Waals surface area contributed by atoms with Crippen molar-refractivity contribution in [2.24, 2.45) is 0 Å². The third-order valence-corrected chi connectivity index (χ3v) is 1.95. The quantitative estimate of drug-likeness (QED) is 0.819. The highest BCUT2D eigenvalue weighted by Gasteiger charge is 2.34. The molecule has 2 rings (SSSR count). The standard InChI is InChI=1S/C9H4F3NO3/c10-9(11,12)5-1-2-13-7-4(5)3-6(16-7)8(14)15/h1-3H,(H,14,15). The lowest BCUT2D eigenvalue weighted by Crippen LogP contribution is -2.05. The van der Waals surface area contributed by atoms with Gasteiger partial charge in [0.15, 0.2) is 0 Å². The van der Waals surface area contributed by atoms with Crippen molar-refractivity contribution in [3.63, 3.8) is 0 Å². The molecule has 4 nitrogen and oxygen atoms in total. The van der Waals surface area contributed by atoms with Gasteiger partial charge in [0.2, 0.25) is 11.5 Å². The predicted octanol–water partition coefficient (Wildman–Crippen LogP) is 2.54. The van der Waals surface area contributed by atoms with Gasteiger partial charge in [-0.1, -0.05) is 0 Å². The zero-order chi connectivity index (χ0) is 11.9. The van der Waals surface area contributed by atoms with E-state index in [1.54, 1.807) is 0 Å².